The van der Waals surface area contributed by atoms with Gasteiger partial charge in [0.05, 0.1) is 50.6 Å². The number of aromatic nitrogens is 8. The number of imidazole rings is 2. The summed E-state index contributed by atoms with van der Waals surface area (Å²) >= 11 is 4.10. The molecule has 0 radical (unpaired) electrons. The summed E-state index contributed by atoms with van der Waals surface area (Å²) in [5.41, 5.74) is 13.0. The Bertz CT molecular complexity index is 1920. The molecule has 2 fully saturated rings. The number of anilines is 2. The van der Waals surface area contributed by atoms with Crippen LogP contribution in [-0.2, 0) is 41.6 Å². The minimum atomic E-state index is -4.21. The van der Waals surface area contributed by atoms with Crippen LogP contribution >= 0.6 is 27.3 Å². The molecule has 6 heterocycles. The maximum Gasteiger partial charge on any atom is 0.508 e. The Morgan fingerprint density at radius 1 is 1.02 bits per heavy atom. The first-order valence-corrected chi connectivity index (χ1v) is 19.2. The number of aliphatic hydroxyl groups excluding tert-OH is 1. The molecule has 0 aromatic carbocycles. The number of rotatable bonds is 15. The maximum absolute atomic E-state index is 13.4. The highest BCUT2D eigenvalue weighted by Crippen LogP contribution is 2.55. The SMILES string of the molecule is CNCCOC(=O)O[C@@H]1[C@H](COP(=O)(S)OC[C@H]2O[C@@H](n3cnc4c(N)ncnc43)C[C@@H]2O)[C@@H](CO[PH](=O)O)O[C@H]1n1cnc2c(N)ncnc21. The molecule has 2 aliphatic heterocycles. The van der Waals surface area contributed by atoms with Crippen LogP contribution in [0.2, 0.25) is 0 Å². The Morgan fingerprint density at radius 2 is 1.67 bits per heavy atom. The van der Waals surface area contributed by atoms with Gasteiger partial charge in [0.1, 0.15) is 42.6 Å². The van der Waals surface area contributed by atoms with Crippen LogP contribution in [0.25, 0.3) is 22.3 Å². The van der Waals surface area contributed by atoms with Crippen LogP contribution in [0.15, 0.2) is 25.3 Å². The lowest BCUT2D eigenvalue weighted by atomic mass is 9.99. The van der Waals surface area contributed by atoms with E-state index in [1.54, 1.807) is 11.6 Å². The Hall–Kier alpha value is -3.54. The third-order valence-corrected chi connectivity index (χ3v) is 10.1. The molecule has 9 atom stereocenters. The first kappa shape index (κ1) is 37.2. The fourth-order valence-electron chi connectivity index (χ4n) is 5.61. The molecule has 278 valence electrons. The quantitative estimate of drug-likeness (QED) is 0.0407. The van der Waals surface area contributed by atoms with E-state index in [2.05, 4.69) is 47.5 Å². The Labute approximate surface area is 293 Å². The van der Waals surface area contributed by atoms with E-state index in [9.17, 15) is 23.9 Å². The first-order valence-electron chi connectivity index (χ1n) is 15.3. The number of ether oxygens (including phenoxy) is 4. The fourth-order valence-corrected chi connectivity index (χ4v) is 7.09. The number of thiol groups is 1. The summed E-state index contributed by atoms with van der Waals surface area (Å²) in [5.74, 6) is -0.762. The van der Waals surface area contributed by atoms with Crippen molar-refractivity contribution < 1.29 is 56.4 Å². The van der Waals surface area contributed by atoms with Crippen LogP contribution in [0, 0.1) is 5.92 Å². The second kappa shape index (κ2) is 16.0. The third kappa shape index (κ3) is 8.42. The molecule has 6 rings (SSSR count). The zero-order chi connectivity index (χ0) is 36.3. The van der Waals surface area contributed by atoms with Gasteiger partial charge in [-0.1, -0.05) is 12.2 Å². The molecule has 26 heteroatoms. The summed E-state index contributed by atoms with van der Waals surface area (Å²) in [6.45, 7) is -5.26. The number of nitrogens with two attached hydrogens (primary N) is 2. The van der Waals surface area contributed by atoms with Gasteiger partial charge in [-0.05, 0) is 7.05 Å². The lowest BCUT2D eigenvalue weighted by Gasteiger charge is -2.25. The molecule has 0 amide bonds. The number of nitrogens with zero attached hydrogens (tertiary/aromatic N) is 8. The molecule has 0 saturated carbocycles. The molecule has 2 unspecified atom stereocenters. The van der Waals surface area contributed by atoms with Gasteiger partial charge in [0, 0.05) is 13.0 Å². The van der Waals surface area contributed by atoms with Gasteiger partial charge in [0.2, 0.25) is 0 Å². The van der Waals surface area contributed by atoms with Gasteiger partial charge in [-0.2, -0.15) is 0 Å². The summed E-state index contributed by atoms with van der Waals surface area (Å²) < 4.78 is 67.1. The van der Waals surface area contributed by atoms with E-state index in [4.69, 9.17) is 44.0 Å². The highest BCUT2D eigenvalue weighted by molar-refractivity contribution is 8.44. The Balaban J connectivity index is 1.17. The predicted octanol–water partition coefficient (Wildman–Crippen LogP) is 0.204. The van der Waals surface area contributed by atoms with Crippen LogP contribution in [0.3, 0.4) is 0 Å². The molecule has 0 bridgehead atoms. The number of likely N-dealkylation sites (N-methyl/N-ethyl adjacent to an activating group) is 1. The van der Waals surface area contributed by atoms with Crippen LogP contribution in [0.1, 0.15) is 18.9 Å². The second-order valence-corrected chi connectivity index (χ2v) is 15.0. The number of hydrogen-bond acceptors (Lipinski definition) is 20. The maximum atomic E-state index is 13.4. The summed E-state index contributed by atoms with van der Waals surface area (Å²) in [6, 6.07) is 0. The first-order chi connectivity index (χ1) is 24.5. The molecular weight excluding hydrogens is 740 g/mol. The minimum absolute atomic E-state index is 0.0278. The molecular formula is C25H35N11O12P2S. The van der Waals surface area contributed by atoms with E-state index in [1.807, 2.05) is 0 Å². The lowest BCUT2D eigenvalue weighted by Crippen LogP contribution is -2.36. The van der Waals surface area contributed by atoms with Crippen molar-refractivity contribution in [1.29, 1.82) is 0 Å². The smallest absolute Gasteiger partial charge is 0.433 e. The van der Waals surface area contributed by atoms with E-state index in [1.165, 1.54) is 29.9 Å². The topological polar surface area (TPSA) is 308 Å². The standard InChI is InChI=1S/C25H35N11O12P2S/c1-28-2-3-42-25(38)48-19-12(14(6-43-49(39)40)47-24(19)36-11-34-18-21(27)30-9-32-23(18)36)5-44-50(41,51)45-7-15-13(37)4-16(46-15)35-10-33-17-20(26)29-8-31-22(17)35/h8-16,19,24,28,37,49H,2-7H2,1H3,(H,39,40)(H,41,51)(H2,26,29,31)(H2,27,30,32)/t12-,13+,14-,15-,16-,19-,24-,50?/m1/s1. The van der Waals surface area contributed by atoms with E-state index in [-0.39, 0.29) is 35.8 Å². The minimum Gasteiger partial charge on any atom is -0.433 e. The summed E-state index contributed by atoms with van der Waals surface area (Å²) in [7, 11) is -1.76. The van der Waals surface area contributed by atoms with E-state index in [0.29, 0.717) is 17.7 Å². The van der Waals surface area contributed by atoms with Gasteiger partial charge in [-0.15, -0.1) is 0 Å². The average molecular weight is 776 g/mol. The third-order valence-electron chi connectivity index (χ3n) is 8.06. The van der Waals surface area contributed by atoms with Crippen LogP contribution in [0.5, 0.6) is 0 Å². The van der Waals surface area contributed by atoms with E-state index in [0.717, 1.165) is 0 Å². The van der Waals surface area contributed by atoms with Crippen molar-refractivity contribution in [2.24, 2.45) is 5.92 Å². The molecule has 4 aromatic rings. The molecule has 2 aliphatic rings. The molecule has 51 heavy (non-hydrogen) atoms. The number of hydrogen-bond donors (Lipinski definition) is 6. The van der Waals surface area contributed by atoms with Gasteiger partial charge in [-0.3, -0.25) is 18.2 Å². The van der Waals surface area contributed by atoms with Gasteiger partial charge in [-0.25, -0.2) is 39.3 Å². The normalized spacial score (nSPS) is 26.8. The highest BCUT2D eigenvalue weighted by atomic mass is 32.7. The van der Waals surface area contributed by atoms with Crippen LogP contribution in [0.4, 0.5) is 16.4 Å². The number of fused-ring (bicyclic) bond motifs is 2. The largest absolute Gasteiger partial charge is 0.508 e. The van der Waals surface area contributed by atoms with Gasteiger partial charge in [0.25, 0.3) is 0 Å². The van der Waals surface area contributed by atoms with Crippen molar-refractivity contribution in [2.45, 2.75) is 43.3 Å². The number of nitrogens with one attached hydrogen (secondary N) is 1. The van der Waals surface area contributed by atoms with Crippen molar-refractivity contribution >= 4 is 67.4 Å². The van der Waals surface area contributed by atoms with Crippen LogP contribution < -0.4 is 16.8 Å². The predicted molar refractivity (Wildman–Crippen MR) is 177 cm³/mol. The van der Waals surface area contributed by atoms with Crippen molar-refractivity contribution in [3.8, 4) is 0 Å². The average Bonchev–Trinajstić information content (AvgIpc) is 3.87. The van der Waals surface area contributed by atoms with Gasteiger partial charge in [0.15, 0.2) is 35.3 Å². The number of carbonyl (C=O) groups excluding carboxylic acids is 1. The monoisotopic (exact) mass is 775 g/mol. The fraction of sp³-hybridized carbons (Fsp3) is 0.560. The molecule has 23 nitrogen and oxygen atoms in total. The molecule has 4 aromatic heterocycles. The number of aliphatic hydroxyl groups is 1. The van der Waals surface area contributed by atoms with Gasteiger partial charge >= 0.3 is 21.2 Å². The number of nitrogen functional groups attached to an aromatic ring is 2. The Morgan fingerprint density at radius 3 is 2.33 bits per heavy atom. The van der Waals surface area contributed by atoms with Crippen molar-refractivity contribution in [2.75, 3.05) is 51.5 Å². The van der Waals surface area contributed by atoms with Crippen molar-refractivity contribution in [3.63, 3.8) is 0 Å². The molecule has 0 spiro atoms. The van der Waals surface area contributed by atoms with Crippen molar-refractivity contribution in [3.05, 3.63) is 25.3 Å². The summed E-state index contributed by atoms with van der Waals surface area (Å²) in [4.78, 5) is 46.9. The van der Waals surface area contributed by atoms with Gasteiger partial charge < -0.3 is 54.8 Å². The second-order valence-electron chi connectivity index (χ2n) is 11.2. The summed E-state index contributed by atoms with van der Waals surface area (Å²) in [5, 5.41) is 13.5. The van der Waals surface area contributed by atoms with E-state index >= 15 is 0 Å². The van der Waals surface area contributed by atoms with Crippen molar-refractivity contribution in [1.82, 2.24) is 44.4 Å². The zero-order valence-corrected chi connectivity index (χ0v) is 29.5. The highest BCUT2D eigenvalue weighted by Gasteiger charge is 2.50. The van der Waals surface area contributed by atoms with Crippen LogP contribution in [-0.4, -0.2) is 120 Å². The number of carbonyl (C=O) groups is 1. The lowest BCUT2D eigenvalue weighted by molar-refractivity contribution is -0.0608. The Kier molecular flexibility index (Phi) is 11.7. The zero-order valence-electron chi connectivity index (χ0n) is 26.7. The molecule has 2 saturated heterocycles. The molecule has 0 aliphatic carbocycles. The molecule has 7 N–H and O–H groups in total. The van der Waals surface area contributed by atoms with E-state index < -0.39 is 83.8 Å². The summed E-state index contributed by atoms with van der Waals surface area (Å²) in [6.07, 6.45) is -1.89.